The fourth-order valence-corrected chi connectivity index (χ4v) is 1.20. The van der Waals surface area contributed by atoms with Gasteiger partial charge in [0.05, 0.1) is 5.88 Å². The van der Waals surface area contributed by atoms with E-state index in [0.29, 0.717) is 10.7 Å². The molecule has 100 valence electrons. The molecule has 0 heterocycles. The molecule has 0 radical (unpaired) electrons. The van der Waals surface area contributed by atoms with Crippen molar-refractivity contribution >= 4 is 47.4 Å². The van der Waals surface area contributed by atoms with Gasteiger partial charge >= 0.3 is 6.09 Å². The fourth-order valence-electron chi connectivity index (χ4n) is 0.920. The Morgan fingerprint density at radius 2 is 2.11 bits per heavy atom. The maximum atomic E-state index is 11.2. The van der Waals surface area contributed by atoms with Crippen molar-refractivity contribution < 1.29 is 26.6 Å². The summed E-state index contributed by atoms with van der Waals surface area (Å²) in [5.74, 6) is 5.36. The molecular weight excluding hydrogens is 340 g/mol. The smallest absolute Gasteiger partial charge is 0.412 e. The van der Waals surface area contributed by atoms with Crippen LogP contribution in [0, 0.1) is 11.8 Å². The molecule has 1 N–H and O–H groups in total. The molecular formula is C11H10Cl3FeNO2. The minimum atomic E-state index is -0.578. The van der Waals surface area contributed by atoms with Crippen LogP contribution in [0.25, 0.3) is 0 Å². The number of ether oxygens (including phenoxy) is 1. The van der Waals surface area contributed by atoms with Gasteiger partial charge in [-0.25, -0.2) is 4.79 Å². The third-order valence-corrected chi connectivity index (χ3v) is 1.91. The zero-order valence-corrected chi connectivity index (χ0v) is 12.5. The van der Waals surface area contributed by atoms with Gasteiger partial charge in [-0.05, 0) is 18.2 Å². The summed E-state index contributed by atoms with van der Waals surface area (Å²) in [6.07, 6.45) is -0.578. The van der Waals surface area contributed by atoms with Crippen LogP contribution in [-0.4, -0.2) is 18.6 Å². The molecule has 0 saturated heterocycles. The SMILES string of the molecule is Cl.O=C(Nc1cccc(Cl)c1)OCC#CCCl.[Fe]. The van der Waals surface area contributed by atoms with Gasteiger partial charge in [-0.2, -0.15) is 0 Å². The standard InChI is InChI=1S/C11H9Cl2NO2.ClH.Fe/c12-6-1-2-7-16-11(15)14-10-5-3-4-9(13)8-10;;/h3-5,8H,6-7H2,(H,14,15);1H;. The number of anilines is 1. The zero-order chi connectivity index (χ0) is 11.8. The summed E-state index contributed by atoms with van der Waals surface area (Å²) in [7, 11) is 0. The summed E-state index contributed by atoms with van der Waals surface area (Å²) < 4.78 is 4.76. The van der Waals surface area contributed by atoms with E-state index in [0.717, 1.165) is 0 Å². The average molecular weight is 350 g/mol. The van der Waals surface area contributed by atoms with E-state index in [4.69, 9.17) is 27.9 Å². The van der Waals surface area contributed by atoms with Crippen molar-refractivity contribution in [3.05, 3.63) is 29.3 Å². The molecule has 1 rings (SSSR count). The second-order valence-corrected chi connectivity index (χ2v) is 3.40. The minimum Gasteiger partial charge on any atom is -0.436 e. The van der Waals surface area contributed by atoms with E-state index in [1.807, 2.05) is 0 Å². The van der Waals surface area contributed by atoms with E-state index in [-0.39, 0.29) is 42.0 Å². The third kappa shape index (κ3) is 8.52. The van der Waals surface area contributed by atoms with E-state index in [9.17, 15) is 4.79 Å². The van der Waals surface area contributed by atoms with Gasteiger partial charge in [0, 0.05) is 27.8 Å². The topological polar surface area (TPSA) is 38.3 Å². The van der Waals surface area contributed by atoms with Crippen LogP contribution in [0.5, 0.6) is 0 Å². The molecule has 0 aliphatic rings. The Morgan fingerprint density at radius 3 is 2.72 bits per heavy atom. The van der Waals surface area contributed by atoms with Gasteiger partial charge in [0.25, 0.3) is 0 Å². The Morgan fingerprint density at radius 1 is 1.39 bits per heavy atom. The molecule has 0 unspecified atom stereocenters. The van der Waals surface area contributed by atoms with Crippen LogP contribution in [0.4, 0.5) is 10.5 Å². The van der Waals surface area contributed by atoms with E-state index >= 15 is 0 Å². The molecule has 0 atom stereocenters. The minimum absolute atomic E-state index is 0. The van der Waals surface area contributed by atoms with Crippen LogP contribution in [-0.2, 0) is 21.8 Å². The maximum absolute atomic E-state index is 11.2. The second-order valence-electron chi connectivity index (χ2n) is 2.70. The Kier molecular flexibility index (Phi) is 12.7. The molecule has 0 bridgehead atoms. The second kappa shape index (κ2) is 11.5. The molecule has 0 aromatic heterocycles. The predicted molar refractivity (Wildman–Crippen MR) is 72.2 cm³/mol. The van der Waals surface area contributed by atoms with Gasteiger partial charge in [0.15, 0.2) is 6.61 Å². The number of halogens is 3. The molecule has 1 aromatic rings. The number of hydrogen-bond donors (Lipinski definition) is 1. The van der Waals surface area contributed by atoms with Crippen molar-refractivity contribution in [3.8, 4) is 11.8 Å². The number of alkyl halides is 1. The summed E-state index contributed by atoms with van der Waals surface area (Å²) in [6, 6.07) is 6.76. The third-order valence-electron chi connectivity index (χ3n) is 1.54. The van der Waals surface area contributed by atoms with Crippen molar-refractivity contribution in [2.75, 3.05) is 17.8 Å². The number of carbonyl (C=O) groups is 1. The molecule has 18 heavy (non-hydrogen) atoms. The van der Waals surface area contributed by atoms with E-state index in [2.05, 4.69) is 17.2 Å². The number of benzene rings is 1. The molecule has 0 spiro atoms. The van der Waals surface area contributed by atoms with Gasteiger partial charge in [-0.1, -0.05) is 29.5 Å². The molecule has 1 aromatic carbocycles. The molecule has 0 aliphatic carbocycles. The first-order valence-corrected chi connectivity index (χ1v) is 5.34. The van der Waals surface area contributed by atoms with E-state index in [1.54, 1.807) is 24.3 Å². The molecule has 7 heteroatoms. The summed E-state index contributed by atoms with van der Waals surface area (Å²) >= 11 is 11.1. The van der Waals surface area contributed by atoms with Gasteiger partial charge in [0.1, 0.15) is 0 Å². The van der Waals surface area contributed by atoms with Gasteiger partial charge < -0.3 is 4.74 Å². The number of rotatable bonds is 2. The van der Waals surface area contributed by atoms with Crippen molar-refractivity contribution in [1.82, 2.24) is 0 Å². The number of hydrogen-bond acceptors (Lipinski definition) is 2. The van der Waals surface area contributed by atoms with Crippen LogP contribution >= 0.6 is 35.6 Å². The first kappa shape index (κ1) is 19.8. The van der Waals surface area contributed by atoms with Gasteiger partial charge in [-0.15, -0.1) is 24.0 Å². The molecule has 3 nitrogen and oxygen atoms in total. The van der Waals surface area contributed by atoms with Crippen LogP contribution < -0.4 is 5.32 Å². The van der Waals surface area contributed by atoms with Crippen LogP contribution in [0.1, 0.15) is 0 Å². The number of nitrogens with one attached hydrogen (secondary N) is 1. The first-order chi connectivity index (χ1) is 7.72. The Hall–Kier alpha value is -0.561. The Labute approximate surface area is 132 Å². The Bertz CT molecular complexity index is 432. The monoisotopic (exact) mass is 349 g/mol. The van der Waals surface area contributed by atoms with Crippen molar-refractivity contribution in [1.29, 1.82) is 0 Å². The molecule has 0 fully saturated rings. The summed E-state index contributed by atoms with van der Waals surface area (Å²) in [4.78, 5) is 11.2. The summed E-state index contributed by atoms with van der Waals surface area (Å²) in [5, 5.41) is 3.05. The molecule has 0 aliphatic heterocycles. The molecule has 0 saturated carbocycles. The largest absolute Gasteiger partial charge is 0.436 e. The first-order valence-electron chi connectivity index (χ1n) is 4.43. The maximum Gasteiger partial charge on any atom is 0.412 e. The van der Waals surface area contributed by atoms with Crippen molar-refractivity contribution in [3.63, 3.8) is 0 Å². The number of amides is 1. The van der Waals surface area contributed by atoms with Gasteiger partial charge in [-0.3, -0.25) is 5.32 Å². The Balaban J connectivity index is 0. The number of carbonyl (C=O) groups excluding carboxylic acids is 1. The predicted octanol–water partition coefficient (Wildman–Crippen LogP) is 3.55. The fraction of sp³-hybridized carbons (Fsp3) is 0.182. The summed E-state index contributed by atoms with van der Waals surface area (Å²) in [5.41, 5.74) is 0.572. The quantitative estimate of drug-likeness (QED) is 0.503. The van der Waals surface area contributed by atoms with Crippen molar-refractivity contribution in [2.24, 2.45) is 0 Å². The van der Waals surface area contributed by atoms with Crippen LogP contribution in [0.2, 0.25) is 5.02 Å². The summed E-state index contributed by atoms with van der Waals surface area (Å²) in [6.45, 7) is 0.0130. The molecule has 1 amide bonds. The van der Waals surface area contributed by atoms with Crippen LogP contribution in [0.3, 0.4) is 0 Å². The van der Waals surface area contributed by atoms with E-state index in [1.165, 1.54) is 0 Å². The van der Waals surface area contributed by atoms with Crippen LogP contribution in [0.15, 0.2) is 24.3 Å². The van der Waals surface area contributed by atoms with Gasteiger partial charge in [0.2, 0.25) is 0 Å². The average Bonchev–Trinajstić information content (AvgIpc) is 2.24. The van der Waals surface area contributed by atoms with E-state index < -0.39 is 6.09 Å². The zero-order valence-electron chi connectivity index (χ0n) is 9.06. The normalized spacial score (nSPS) is 7.89. The van der Waals surface area contributed by atoms with Crippen molar-refractivity contribution in [2.45, 2.75) is 0 Å².